The molecule has 7 nitrogen and oxygen atoms in total. The van der Waals surface area contributed by atoms with Gasteiger partial charge in [0.05, 0.1) is 51.9 Å². The molecule has 1 aliphatic heterocycles. The second-order valence-corrected chi connectivity index (χ2v) is 7.68. The number of aromatic nitrogens is 1. The zero-order valence-electron chi connectivity index (χ0n) is 17.4. The Labute approximate surface area is 179 Å². The van der Waals surface area contributed by atoms with Gasteiger partial charge >= 0.3 is 5.97 Å². The number of fused-ring (bicyclic) bond motifs is 1. The Bertz CT molecular complexity index is 1080. The van der Waals surface area contributed by atoms with Crippen LogP contribution in [0, 0.1) is 5.82 Å². The van der Waals surface area contributed by atoms with Crippen molar-refractivity contribution in [2.75, 3.05) is 50.1 Å². The van der Waals surface area contributed by atoms with Crippen LogP contribution in [0.15, 0.2) is 48.5 Å². The van der Waals surface area contributed by atoms with Crippen molar-refractivity contribution in [1.29, 1.82) is 0 Å². The maximum absolute atomic E-state index is 13.7. The van der Waals surface area contributed by atoms with E-state index in [1.54, 1.807) is 0 Å². The lowest BCUT2D eigenvalue weighted by molar-refractivity contribution is -0.900. The molecule has 0 aliphatic carbocycles. The summed E-state index contributed by atoms with van der Waals surface area (Å²) in [6.07, 6.45) is 0.309. The summed E-state index contributed by atoms with van der Waals surface area (Å²) in [5.74, 6) is -1.28. The summed E-state index contributed by atoms with van der Waals surface area (Å²) in [5, 5.41) is 3.23. The van der Waals surface area contributed by atoms with Crippen molar-refractivity contribution in [1.82, 2.24) is 4.98 Å². The Kier molecular flexibility index (Phi) is 6.18. The van der Waals surface area contributed by atoms with Gasteiger partial charge in [-0.1, -0.05) is 18.2 Å². The summed E-state index contributed by atoms with van der Waals surface area (Å²) < 4.78 is 18.5. The minimum atomic E-state index is -0.616. The molecule has 1 aromatic heterocycles. The van der Waals surface area contributed by atoms with Crippen LogP contribution >= 0.6 is 0 Å². The molecule has 3 N–H and O–H groups in total. The second kappa shape index (κ2) is 9.18. The van der Waals surface area contributed by atoms with E-state index in [4.69, 9.17) is 4.74 Å². The van der Waals surface area contributed by atoms with Crippen molar-refractivity contribution in [3.63, 3.8) is 0 Å². The SMILES string of the molecule is COC(=O)c1[nH]c2ccc(F)cc2c1NC(=O)CC[NH+]1CCN(c2ccccc2)CC1. The summed E-state index contributed by atoms with van der Waals surface area (Å²) in [6, 6.07) is 14.4. The predicted molar refractivity (Wildman–Crippen MR) is 117 cm³/mol. The molecule has 3 aromatic rings. The topological polar surface area (TPSA) is 78.9 Å². The summed E-state index contributed by atoms with van der Waals surface area (Å²) in [7, 11) is 1.26. The first-order valence-corrected chi connectivity index (χ1v) is 10.4. The second-order valence-electron chi connectivity index (χ2n) is 7.68. The monoisotopic (exact) mass is 425 g/mol. The molecule has 1 aliphatic rings. The normalized spacial score (nSPS) is 14.6. The van der Waals surface area contributed by atoms with E-state index in [0.29, 0.717) is 23.9 Å². The number of nitrogens with one attached hydrogen (secondary N) is 3. The van der Waals surface area contributed by atoms with E-state index in [2.05, 4.69) is 27.3 Å². The Morgan fingerprint density at radius 3 is 2.61 bits per heavy atom. The lowest BCUT2D eigenvalue weighted by Crippen LogP contribution is -3.15. The van der Waals surface area contributed by atoms with Crippen LogP contribution in [-0.2, 0) is 9.53 Å². The highest BCUT2D eigenvalue weighted by Gasteiger charge is 2.23. The van der Waals surface area contributed by atoms with Crippen molar-refractivity contribution in [2.24, 2.45) is 0 Å². The fourth-order valence-corrected chi connectivity index (χ4v) is 4.01. The summed E-state index contributed by atoms with van der Waals surface area (Å²) in [5.41, 5.74) is 2.15. The fraction of sp³-hybridized carbons (Fsp3) is 0.304. The van der Waals surface area contributed by atoms with Crippen LogP contribution in [0.3, 0.4) is 0 Å². The number of quaternary nitrogens is 1. The maximum atomic E-state index is 13.7. The Morgan fingerprint density at radius 2 is 1.90 bits per heavy atom. The molecule has 1 fully saturated rings. The lowest BCUT2D eigenvalue weighted by atomic mass is 10.2. The molecule has 162 valence electrons. The van der Waals surface area contributed by atoms with Gasteiger partial charge in [-0.3, -0.25) is 4.79 Å². The number of benzene rings is 2. The molecule has 2 aromatic carbocycles. The molecule has 0 unspecified atom stereocenters. The van der Waals surface area contributed by atoms with E-state index in [9.17, 15) is 14.0 Å². The standard InChI is InChI=1S/C23H25FN4O3/c1-31-23(30)22-21(18-15-16(24)7-8-19(18)25-22)26-20(29)9-10-27-11-13-28(14-12-27)17-5-3-2-4-6-17/h2-8,15,25H,9-14H2,1H3,(H,26,29)/p+1. The number of esters is 1. The third-order valence-electron chi connectivity index (χ3n) is 5.71. The van der Waals surface area contributed by atoms with Gasteiger partial charge in [0.15, 0.2) is 0 Å². The number of nitrogens with zero attached hydrogens (tertiary/aromatic N) is 1. The van der Waals surface area contributed by atoms with Crippen LogP contribution in [-0.4, -0.2) is 56.7 Å². The van der Waals surface area contributed by atoms with E-state index in [1.165, 1.54) is 35.9 Å². The van der Waals surface area contributed by atoms with Gasteiger partial charge in [0.25, 0.3) is 0 Å². The van der Waals surface area contributed by atoms with Gasteiger partial charge in [-0.15, -0.1) is 0 Å². The number of hydrogen-bond donors (Lipinski definition) is 3. The molecule has 1 amide bonds. The number of amides is 1. The van der Waals surface area contributed by atoms with Crippen molar-refractivity contribution in [3.8, 4) is 0 Å². The van der Waals surface area contributed by atoms with Crippen LogP contribution in [0.1, 0.15) is 16.9 Å². The highest BCUT2D eigenvalue weighted by Crippen LogP contribution is 2.29. The van der Waals surface area contributed by atoms with Crippen LogP contribution in [0.2, 0.25) is 0 Å². The number of anilines is 2. The number of hydrogen-bond acceptors (Lipinski definition) is 4. The first kappa shape index (κ1) is 20.9. The first-order chi connectivity index (χ1) is 15.0. The number of para-hydroxylation sites is 1. The Balaban J connectivity index is 1.37. The molecular weight excluding hydrogens is 399 g/mol. The molecular formula is C23H26FN4O3+. The highest BCUT2D eigenvalue weighted by atomic mass is 19.1. The number of H-pyrrole nitrogens is 1. The van der Waals surface area contributed by atoms with Gasteiger partial charge in [-0.05, 0) is 30.3 Å². The minimum Gasteiger partial charge on any atom is -0.464 e. The van der Waals surface area contributed by atoms with Crippen LogP contribution in [0.5, 0.6) is 0 Å². The van der Waals surface area contributed by atoms with Gasteiger partial charge in [0.1, 0.15) is 11.5 Å². The third-order valence-corrected chi connectivity index (χ3v) is 5.71. The van der Waals surface area contributed by atoms with Crippen molar-refractivity contribution in [2.45, 2.75) is 6.42 Å². The molecule has 0 bridgehead atoms. The molecule has 8 heteroatoms. The van der Waals surface area contributed by atoms with Crippen molar-refractivity contribution in [3.05, 3.63) is 60.0 Å². The lowest BCUT2D eigenvalue weighted by Gasteiger charge is -2.33. The fourth-order valence-electron chi connectivity index (χ4n) is 4.01. The third kappa shape index (κ3) is 4.69. The van der Waals surface area contributed by atoms with Gasteiger partial charge < -0.3 is 24.8 Å². The van der Waals surface area contributed by atoms with Crippen molar-refractivity contribution < 1.29 is 23.6 Å². The number of rotatable bonds is 6. The minimum absolute atomic E-state index is 0.111. The Morgan fingerprint density at radius 1 is 1.16 bits per heavy atom. The number of methoxy groups -OCH3 is 1. The molecule has 2 heterocycles. The molecule has 31 heavy (non-hydrogen) atoms. The molecule has 0 saturated carbocycles. The van der Waals surface area contributed by atoms with E-state index >= 15 is 0 Å². The zero-order valence-corrected chi connectivity index (χ0v) is 17.4. The number of piperazine rings is 1. The van der Waals surface area contributed by atoms with Crippen LogP contribution in [0.4, 0.5) is 15.8 Å². The van der Waals surface area contributed by atoms with E-state index in [1.807, 2.05) is 18.2 Å². The quantitative estimate of drug-likeness (QED) is 0.527. The number of aromatic amines is 1. The van der Waals surface area contributed by atoms with E-state index in [0.717, 1.165) is 26.2 Å². The average molecular weight is 425 g/mol. The number of halogens is 1. The summed E-state index contributed by atoms with van der Waals surface area (Å²) >= 11 is 0. The highest BCUT2D eigenvalue weighted by molar-refractivity contribution is 6.10. The van der Waals surface area contributed by atoms with Crippen LogP contribution in [0.25, 0.3) is 10.9 Å². The number of carbonyl (C=O) groups is 2. The van der Waals surface area contributed by atoms with Gasteiger partial charge in [-0.2, -0.15) is 0 Å². The maximum Gasteiger partial charge on any atom is 0.356 e. The molecule has 0 spiro atoms. The largest absolute Gasteiger partial charge is 0.464 e. The predicted octanol–water partition coefficient (Wildman–Crippen LogP) is 1.83. The van der Waals surface area contributed by atoms with Gasteiger partial charge in [0, 0.05) is 16.6 Å². The molecule has 1 saturated heterocycles. The van der Waals surface area contributed by atoms with E-state index in [-0.39, 0.29) is 17.3 Å². The molecule has 0 radical (unpaired) electrons. The summed E-state index contributed by atoms with van der Waals surface area (Å²) in [6.45, 7) is 4.48. The van der Waals surface area contributed by atoms with Crippen molar-refractivity contribution >= 4 is 34.2 Å². The first-order valence-electron chi connectivity index (χ1n) is 10.4. The summed E-state index contributed by atoms with van der Waals surface area (Å²) in [4.78, 5) is 31.4. The average Bonchev–Trinajstić information content (AvgIpc) is 3.15. The van der Waals surface area contributed by atoms with Gasteiger partial charge in [0.2, 0.25) is 5.91 Å². The van der Waals surface area contributed by atoms with E-state index < -0.39 is 11.8 Å². The Hall–Kier alpha value is -3.39. The number of carbonyl (C=O) groups excluding carboxylic acids is 2. The van der Waals surface area contributed by atoms with Crippen LogP contribution < -0.4 is 15.1 Å². The molecule has 4 rings (SSSR count). The molecule has 0 atom stereocenters. The number of ether oxygens (including phenoxy) is 1. The van der Waals surface area contributed by atoms with Gasteiger partial charge in [-0.25, -0.2) is 9.18 Å². The smallest absolute Gasteiger partial charge is 0.356 e. The zero-order chi connectivity index (χ0) is 21.8.